The Kier molecular flexibility index (Phi) is 3.19. The van der Waals surface area contributed by atoms with Crippen molar-refractivity contribution < 1.29 is 4.79 Å². The largest absolute Gasteiger partial charge is 0.357 e. The van der Waals surface area contributed by atoms with E-state index >= 15 is 0 Å². The van der Waals surface area contributed by atoms with Crippen molar-refractivity contribution in [3.8, 4) is 0 Å². The van der Waals surface area contributed by atoms with Gasteiger partial charge in [0.05, 0.1) is 6.20 Å². The van der Waals surface area contributed by atoms with Crippen LogP contribution in [0.5, 0.6) is 0 Å². The maximum atomic E-state index is 11.6. The van der Waals surface area contributed by atoms with E-state index in [-0.39, 0.29) is 17.2 Å². The highest BCUT2D eigenvalue weighted by molar-refractivity contribution is 6.28. The lowest BCUT2D eigenvalue weighted by Crippen LogP contribution is -2.42. The number of hydrogen-bond donors (Lipinski definition) is 1. The summed E-state index contributed by atoms with van der Waals surface area (Å²) < 4.78 is 0. The van der Waals surface area contributed by atoms with Gasteiger partial charge in [-0.05, 0) is 24.4 Å². The van der Waals surface area contributed by atoms with Gasteiger partial charge in [-0.15, -0.1) is 5.10 Å². The van der Waals surface area contributed by atoms with E-state index < -0.39 is 0 Å². The second kappa shape index (κ2) is 4.61. The molecule has 1 amide bonds. The SMILES string of the molecule is CNC(=O)C1CCCN1c1cnnc(Cl)n1. The second-order valence-corrected chi connectivity index (χ2v) is 3.89. The Bertz CT molecular complexity index is 399. The molecular weight excluding hydrogens is 230 g/mol. The number of hydrogen-bond acceptors (Lipinski definition) is 5. The van der Waals surface area contributed by atoms with Crippen LogP contribution < -0.4 is 10.2 Å². The first-order valence-corrected chi connectivity index (χ1v) is 5.43. The molecule has 1 aliphatic rings. The highest BCUT2D eigenvalue weighted by Gasteiger charge is 2.31. The molecule has 1 saturated heterocycles. The van der Waals surface area contributed by atoms with E-state index in [0.717, 1.165) is 19.4 Å². The highest BCUT2D eigenvalue weighted by atomic mass is 35.5. The first kappa shape index (κ1) is 11.1. The number of nitrogens with zero attached hydrogens (tertiary/aromatic N) is 4. The molecule has 6 nitrogen and oxygen atoms in total. The monoisotopic (exact) mass is 241 g/mol. The number of carbonyl (C=O) groups excluding carboxylic acids is 1. The molecule has 0 bridgehead atoms. The van der Waals surface area contributed by atoms with Gasteiger partial charge in [-0.25, -0.2) is 0 Å². The van der Waals surface area contributed by atoms with Crippen LogP contribution >= 0.6 is 11.6 Å². The van der Waals surface area contributed by atoms with Crippen LogP contribution in [-0.2, 0) is 4.79 Å². The number of nitrogens with one attached hydrogen (secondary N) is 1. The summed E-state index contributed by atoms with van der Waals surface area (Å²) in [5.41, 5.74) is 0. The molecule has 2 heterocycles. The molecule has 1 N–H and O–H groups in total. The van der Waals surface area contributed by atoms with Crippen LogP contribution in [0.15, 0.2) is 6.20 Å². The Morgan fingerprint density at radius 1 is 1.69 bits per heavy atom. The van der Waals surface area contributed by atoms with Gasteiger partial charge >= 0.3 is 0 Å². The summed E-state index contributed by atoms with van der Waals surface area (Å²) in [4.78, 5) is 17.6. The number of amides is 1. The topological polar surface area (TPSA) is 71.0 Å². The van der Waals surface area contributed by atoms with Crippen molar-refractivity contribution in [1.82, 2.24) is 20.5 Å². The van der Waals surface area contributed by atoms with Gasteiger partial charge in [-0.1, -0.05) is 0 Å². The summed E-state index contributed by atoms with van der Waals surface area (Å²) in [6.45, 7) is 0.785. The van der Waals surface area contributed by atoms with Crippen LogP contribution in [0.25, 0.3) is 0 Å². The van der Waals surface area contributed by atoms with Crippen LogP contribution in [0.3, 0.4) is 0 Å². The Balaban J connectivity index is 2.23. The van der Waals surface area contributed by atoms with Crippen LogP contribution in [0.4, 0.5) is 5.82 Å². The van der Waals surface area contributed by atoms with E-state index in [2.05, 4.69) is 20.5 Å². The molecule has 16 heavy (non-hydrogen) atoms. The average Bonchev–Trinajstić information content (AvgIpc) is 2.77. The van der Waals surface area contributed by atoms with E-state index in [9.17, 15) is 4.79 Å². The van der Waals surface area contributed by atoms with Crippen LogP contribution in [0, 0.1) is 0 Å². The lowest BCUT2D eigenvalue weighted by atomic mass is 10.2. The first-order valence-electron chi connectivity index (χ1n) is 5.06. The molecule has 7 heteroatoms. The van der Waals surface area contributed by atoms with E-state index in [4.69, 9.17) is 11.6 Å². The normalized spacial score (nSPS) is 19.9. The summed E-state index contributed by atoms with van der Waals surface area (Å²) >= 11 is 5.67. The zero-order valence-electron chi connectivity index (χ0n) is 8.85. The summed E-state index contributed by atoms with van der Waals surface area (Å²) in [5.74, 6) is 0.596. The van der Waals surface area contributed by atoms with Gasteiger partial charge in [-0.2, -0.15) is 10.1 Å². The molecule has 0 saturated carbocycles. The summed E-state index contributed by atoms with van der Waals surface area (Å²) in [5, 5.41) is 10.1. The Labute approximate surface area is 98.0 Å². The van der Waals surface area contributed by atoms with Gasteiger partial charge in [0.1, 0.15) is 6.04 Å². The van der Waals surface area contributed by atoms with E-state index in [1.54, 1.807) is 7.05 Å². The molecular formula is C9H12ClN5O. The molecule has 1 unspecified atom stereocenters. The molecule has 0 aliphatic carbocycles. The van der Waals surface area contributed by atoms with Gasteiger partial charge in [-0.3, -0.25) is 4.79 Å². The fraction of sp³-hybridized carbons (Fsp3) is 0.556. The van der Waals surface area contributed by atoms with Crippen molar-refractivity contribution in [3.05, 3.63) is 11.5 Å². The fourth-order valence-corrected chi connectivity index (χ4v) is 2.02. The van der Waals surface area contributed by atoms with Crippen molar-refractivity contribution in [1.29, 1.82) is 0 Å². The lowest BCUT2D eigenvalue weighted by molar-refractivity contribution is -0.121. The standard InChI is InChI=1S/C9H12ClN5O/c1-11-8(16)6-3-2-4-15(6)7-5-12-14-9(10)13-7/h5-6H,2-4H2,1H3,(H,11,16). The highest BCUT2D eigenvalue weighted by Crippen LogP contribution is 2.23. The van der Waals surface area contributed by atoms with Crippen LogP contribution in [-0.4, -0.2) is 40.7 Å². The van der Waals surface area contributed by atoms with Gasteiger partial charge in [0.25, 0.3) is 0 Å². The zero-order chi connectivity index (χ0) is 11.5. The predicted octanol–water partition coefficient (Wildman–Crippen LogP) is 0.240. The van der Waals surface area contributed by atoms with Crippen molar-refractivity contribution >= 4 is 23.3 Å². The molecule has 0 aromatic carbocycles. The third-order valence-corrected chi connectivity index (χ3v) is 2.78. The van der Waals surface area contributed by atoms with Gasteiger partial charge in [0.15, 0.2) is 5.82 Å². The molecule has 1 aliphatic heterocycles. The van der Waals surface area contributed by atoms with Crippen LogP contribution in [0.2, 0.25) is 5.28 Å². The summed E-state index contributed by atoms with van der Waals surface area (Å²) in [7, 11) is 1.63. The van der Waals surface area contributed by atoms with E-state index in [1.807, 2.05) is 4.90 Å². The minimum absolute atomic E-state index is 0.00719. The number of carbonyl (C=O) groups is 1. The molecule has 1 atom stereocenters. The van der Waals surface area contributed by atoms with E-state index in [0.29, 0.717) is 5.82 Å². The molecule has 2 rings (SSSR count). The minimum Gasteiger partial charge on any atom is -0.357 e. The van der Waals surface area contributed by atoms with Crippen molar-refractivity contribution in [2.24, 2.45) is 0 Å². The number of halogens is 1. The number of likely N-dealkylation sites (N-methyl/N-ethyl adjacent to an activating group) is 1. The van der Waals surface area contributed by atoms with Gasteiger partial charge < -0.3 is 10.2 Å². The van der Waals surface area contributed by atoms with Crippen LogP contribution in [0.1, 0.15) is 12.8 Å². The Hall–Kier alpha value is -1.43. The molecule has 0 radical (unpaired) electrons. The van der Waals surface area contributed by atoms with Gasteiger partial charge in [0, 0.05) is 13.6 Å². The smallest absolute Gasteiger partial charge is 0.244 e. The molecule has 1 fully saturated rings. The number of aromatic nitrogens is 3. The Morgan fingerprint density at radius 3 is 3.19 bits per heavy atom. The second-order valence-electron chi connectivity index (χ2n) is 3.55. The molecule has 86 valence electrons. The maximum absolute atomic E-state index is 11.6. The maximum Gasteiger partial charge on any atom is 0.244 e. The molecule has 1 aromatic rings. The Morgan fingerprint density at radius 2 is 2.50 bits per heavy atom. The average molecular weight is 242 g/mol. The third kappa shape index (κ3) is 2.06. The molecule has 1 aromatic heterocycles. The zero-order valence-corrected chi connectivity index (χ0v) is 9.61. The van der Waals surface area contributed by atoms with Crippen molar-refractivity contribution in [3.63, 3.8) is 0 Å². The molecule has 0 spiro atoms. The predicted molar refractivity (Wildman–Crippen MR) is 59.3 cm³/mol. The third-order valence-electron chi connectivity index (χ3n) is 2.62. The summed E-state index contributed by atoms with van der Waals surface area (Å²) in [6, 6.07) is -0.183. The fourth-order valence-electron chi connectivity index (χ4n) is 1.89. The summed E-state index contributed by atoms with van der Waals surface area (Å²) in [6.07, 6.45) is 3.30. The number of anilines is 1. The lowest BCUT2D eigenvalue weighted by Gasteiger charge is -2.23. The minimum atomic E-state index is -0.183. The first-order chi connectivity index (χ1) is 7.72. The quantitative estimate of drug-likeness (QED) is 0.803. The number of rotatable bonds is 2. The van der Waals surface area contributed by atoms with Gasteiger partial charge in [0.2, 0.25) is 11.2 Å². The van der Waals surface area contributed by atoms with Crippen molar-refractivity contribution in [2.75, 3.05) is 18.5 Å². The van der Waals surface area contributed by atoms with Crippen molar-refractivity contribution in [2.45, 2.75) is 18.9 Å². The van der Waals surface area contributed by atoms with E-state index in [1.165, 1.54) is 6.20 Å².